The summed E-state index contributed by atoms with van der Waals surface area (Å²) in [7, 11) is 0.284. The zero-order valence-corrected chi connectivity index (χ0v) is 3.67. The first kappa shape index (κ1) is 6.65. The van der Waals surface area contributed by atoms with E-state index in [2.05, 4.69) is 11.2 Å². The van der Waals surface area contributed by atoms with E-state index in [0.717, 1.165) is 6.08 Å². The summed E-state index contributed by atoms with van der Waals surface area (Å²) >= 11 is 0. The van der Waals surface area contributed by atoms with Crippen LogP contribution in [0.2, 0.25) is 0 Å². The van der Waals surface area contributed by atoms with Gasteiger partial charge in [-0.25, -0.2) is 4.39 Å². The second-order valence-corrected chi connectivity index (χ2v) is 0.828. The summed E-state index contributed by atoms with van der Waals surface area (Å²) in [4.78, 5) is 0. The van der Waals surface area contributed by atoms with Gasteiger partial charge in [-0.1, -0.05) is 6.58 Å². The van der Waals surface area contributed by atoms with Crippen molar-refractivity contribution in [3.8, 4) is 0 Å². The molecule has 4 heteroatoms. The molecule has 7 heavy (non-hydrogen) atoms. The molecule has 0 bridgehead atoms. The quantitative estimate of drug-likeness (QED) is 0.402. The highest BCUT2D eigenvalue weighted by molar-refractivity contribution is 6.15. The minimum Gasteiger partial charge on any atom is -0.429 e. The third-order valence-corrected chi connectivity index (χ3v) is 0.376. The van der Waals surface area contributed by atoms with Gasteiger partial charge in [0.15, 0.2) is 0 Å². The van der Waals surface area contributed by atoms with Crippen molar-refractivity contribution in [2.24, 2.45) is 0 Å². The SMILES string of the molecule is C=CC(F)O[B]O. The minimum absolute atomic E-state index is 0.284. The van der Waals surface area contributed by atoms with E-state index in [1.807, 2.05) is 0 Å². The van der Waals surface area contributed by atoms with Gasteiger partial charge in [0.1, 0.15) is 0 Å². The van der Waals surface area contributed by atoms with Crippen molar-refractivity contribution >= 4 is 7.69 Å². The lowest BCUT2D eigenvalue weighted by Crippen LogP contribution is -2.05. The van der Waals surface area contributed by atoms with E-state index in [0.29, 0.717) is 0 Å². The molecule has 0 aromatic carbocycles. The molecule has 0 aliphatic carbocycles. The Morgan fingerprint density at radius 2 is 2.57 bits per heavy atom. The van der Waals surface area contributed by atoms with Gasteiger partial charge in [0.25, 0.3) is 0 Å². The van der Waals surface area contributed by atoms with Crippen LogP contribution in [0.15, 0.2) is 12.7 Å². The van der Waals surface area contributed by atoms with Crippen molar-refractivity contribution < 1.29 is 14.1 Å². The fourth-order valence-electron chi connectivity index (χ4n) is 0.114. The molecule has 1 radical (unpaired) electrons. The average Bonchev–Trinajstić information content (AvgIpc) is 1.68. The monoisotopic (exact) mass is 103 g/mol. The molecule has 0 aromatic heterocycles. The first-order valence-corrected chi connectivity index (χ1v) is 1.69. The molecule has 1 atom stereocenters. The standard InChI is InChI=1S/C3H5BFO2/c1-2-3(5)7-4-6/h2-3,6H,1H2. The molecule has 0 heterocycles. The molecule has 0 aliphatic heterocycles. The molecular weight excluding hydrogens is 97.8 g/mol. The molecule has 0 aliphatic rings. The Morgan fingerprint density at radius 3 is 2.71 bits per heavy atom. The Kier molecular flexibility index (Phi) is 3.64. The summed E-state index contributed by atoms with van der Waals surface area (Å²) in [6, 6.07) is 0. The number of rotatable bonds is 3. The lowest BCUT2D eigenvalue weighted by molar-refractivity contribution is 0.102. The van der Waals surface area contributed by atoms with Gasteiger partial charge in [0, 0.05) is 0 Å². The number of hydrogen-bond donors (Lipinski definition) is 1. The molecule has 39 valence electrons. The van der Waals surface area contributed by atoms with E-state index in [9.17, 15) is 4.39 Å². The maximum atomic E-state index is 11.6. The van der Waals surface area contributed by atoms with Crippen LogP contribution >= 0.6 is 0 Å². The third kappa shape index (κ3) is 3.49. The highest BCUT2D eigenvalue weighted by atomic mass is 19.1. The second-order valence-electron chi connectivity index (χ2n) is 0.828. The van der Waals surface area contributed by atoms with Crippen LogP contribution in [-0.4, -0.2) is 19.1 Å². The fourth-order valence-corrected chi connectivity index (χ4v) is 0.114. The summed E-state index contributed by atoms with van der Waals surface area (Å²) in [5.41, 5.74) is 0. The number of hydrogen-bond acceptors (Lipinski definition) is 2. The zero-order chi connectivity index (χ0) is 5.70. The van der Waals surface area contributed by atoms with Gasteiger partial charge >= 0.3 is 7.69 Å². The topological polar surface area (TPSA) is 29.5 Å². The van der Waals surface area contributed by atoms with Crippen molar-refractivity contribution in [1.82, 2.24) is 0 Å². The Balaban J connectivity index is 2.98. The van der Waals surface area contributed by atoms with Gasteiger partial charge in [0.2, 0.25) is 6.36 Å². The van der Waals surface area contributed by atoms with E-state index in [1.165, 1.54) is 0 Å². The second kappa shape index (κ2) is 3.83. The van der Waals surface area contributed by atoms with Crippen LogP contribution in [-0.2, 0) is 4.65 Å². The van der Waals surface area contributed by atoms with Crippen molar-refractivity contribution in [2.45, 2.75) is 6.36 Å². The Morgan fingerprint density at radius 1 is 2.00 bits per heavy atom. The molecular formula is C3H5BFO2. The van der Waals surface area contributed by atoms with E-state index < -0.39 is 6.36 Å². The van der Waals surface area contributed by atoms with Crippen molar-refractivity contribution in [1.29, 1.82) is 0 Å². The first-order valence-electron chi connectivity index (χ1n) is 1.69. The summed E-state index contributed by atoms with van der Waals surface area (Å²) in [6.07, 6.45) is -0.669. The minimum atomic E-state index is -1.59. The van der Waals surface area contributed by atoms with Gasteiger partial charge < -0.3 is 9.68 Å². The summed E-state index contributed by atoms with van der Waals surface area (Å²) in [5.74, 6) is 0. The molecule has 1 N–H and O–H groups in total. The van der Waals surface area contributed by atoms with Crippen molar-refractivity contribution in [3.63, 3.8) is 0 Å². The van der Waals surface area contributed by atoms with Crippen LogP contribution in [0.25, 0.3) is 0 Å². The molecule has 0 aromatic rings. The molecule has 0 rings (SSSR count). The van der Waals surface area contributed by atoms with Crippen LogP contribution in [0.3, 0.4) is 0 Å². The largest absolute Gasteiger partial charge is 0.487 e. The van der Waals surface area contributed by atoms with Crippen LogP contribution in [0.4, 0.5) is 4.39 Å². The molecule has 2 nitrogen and oxygen atoms in total. The first-order chi connectivity index (χ1) is 3.31. The van der Waals surface area contributed by atoms with Crippen LogP contribution in [0, 0.1) is 0 Å². The van der Waals surface area contributed by atoms with Gasteiger partial charge in [0.05, 0.1) is 0 Å². The van der Waals surface area contributed by atoms with Gasteiger partial charge in [-0.05, 0) is 6.08 Å². The maximum Gasteiger partial charge on any atom is 0.487 e. The molecule has 0 saturated heterocycles. The number of halogens is 1. The van der Waals surface area contributed by atoms with Gasteiger partial charge in [-0.15, -0.1) is 0 Å². The lowest BCUT2D eigenvalue weighted by atomic mass is 10.4. The lowest BCUT2D eigenvalue weighted by Gasteiger charge is -1.96. The van der Waals surface area contributed by atoms with Gasteiger partial charge in [-0.2, -0.15) is 0 Å². The summed E-state index contributed by atoms with van der Waals surface area (Å²) in [6.45, 7) is 3.05. The van der Waals surface area contributed by atoms with Crippen LogP contribution in [0.5, 0.6) is 0 Å². The molecule has 0 fully saturated rings. The number of alkyl halides is 1. The fraction of sp³-hybridized carbons (Fsp3) is 0.333. The average molecular weight is 103 g/mol. The normalized spacial score (nSPS) is 12.9. The molecule has 1 unspecified atom stereocenters. The Bertz CT molecular complexity index is 58.9. The Hall–Kier alpha value is -0.345. The summed E-state index contributed by atoms with van der Waals surface area (Å²) in [5, 5.41) is 7.73. The van der Waals surface area contributed by atoms with Crippen LogP contribution < -0.4 is 0 Å². The van der Waals surface area contributed by atoms with Crippen LogP contribution in [0.1, 0.15) is 0 Å². The van der Waals surface area contributed by atoms with E-state index in [4.69, 9.17) is 5.02 Å². The predicted molar refractivity (Wildman–Crippen MR) is 24.2 cm³/mol. The zero-order valence-electron chi connectivity index (χ0n) is 3.67. The predicted octanol–water partition coefficient (Wildman–Crippen LogP) is 0.0111. The smallest absolute Gasteiger partial charge is 0.429 e. The van der Waals surface area contributed by atoms with Gasteiger partial charge in [-0.3, -0.25) is 0 Å². The van der Waals surface area contributed by atoms with Crippen molar-refractivity contribution in [2.75, 3.05) is 0 Å². The van der Waals surface area contributed by atoms with E-state index in [-0.39, 0.29) is 7.69 Å². The highest BCUT2D eigenvalue weighted by Gasteiger charge is 1.96. The third-order valence-electron chi connectivity index (χ3n) is 0.376. The molecule has 0 spiro atoms. The van der Waals surface area contributed by atoms with Crippen molar-refractivity contribution in [3.05, 3.63) is 12.7 Å². The Labute approximate surface area is 41.9 Å². The maximum absolute atomic E-state index is 11.6. The van der Waals surface area contributed by atoms with E-state index in [1.54, 1.807) is 0 Å². The van der Waals surface area contributed by atoms with E-state index >= 15 is 0 Å². The highest BCUT2D eigenvalue weighted by Crippen LogP contribution is 1.89. The molecule has 0 saturated carbocycles. The summed E-state index contributed by atoms with van der Waals surface area (Å²) < 4.78 is 15.4. The molecule has 0 amide bonds.